The van der Waals surface area contributed by atoms with E-state index in [4.69, 9.17) is 11.6 Å². The Morgan fingerprint density at radius 1 is 0.619 bits per heavy atom. The van der Waals surface area contributed by atoms with Crippen molar-refractivity contribution in [3.05, 3.63) is 34.3 Å². The predicted molar refractivity (Wildman–Crippen MR) is 51.3 cm³/mol. The van der Waals surface area contributed by atoms with Gasteiger partial charge in [-0.3, -0.25) is 0 Å². The lowest BCUT2D eigenvalue weighted by molar-refractivity contribution is -0.348. The topological polar surface area (TPSA) is 0 Å². The molecule has 0 N–H and O–H groups in total. The summed E-state index contributed by atoms with van der Waals surface area (Å²) in [4.78, 5) is 0. The Labute approximate surface area is 115 Å². The molecule has 0 aliphatic heterocycles. The van der Waals surface area contributed by atoms with Crippen molar-refractivity contribution in [3.63, 3.8) is 0 Å². The van der Waals surface area contributed by atoms with Gasteiger partial charge >= 0.3 is 24.2 Å². The molecule has 1 aromatic rings. The Kier molecular flexibility index (Phi) is 4.19. The van der Waals surface area contributed by atoms with E-state index in [1.807, 2.05) is 0 Å². The average molecular weight is 349 g/mol. The Morgan fingerprint density at radius 2 is 1.00 bits per heavy atom. The summed E-state index contributed by atoms with van der Waals surface area (Å²) in [5.74, 6) is 0. The van der Waals surface area contributed by atoms with Gasteiger partial charge in [-0.15, -0.1) is 0 Å². The first-order chi connectivity index (χ1) is 9.10. The highest BCUT2D eigenvalue weighted by atomic mass is 35.5. The Bertz CT molecular complexity index is 510. The van der Waals surface area contributed by atoms with Crippen LogP contribution in [0.15, 0.2) is 18.2 Å². The number of rotatable bonds is 1. The monoisotopic (exact) mass is 348 g/mol. The van der Waals surface area contributed by atoms with E-state index in [9.17, 15) is 43.9 Å². The molecule has 21 heavy (non-hydrogen) atoms. The van der Waals surface area contributed by atoms with Crippen molar-refractivity contribution in [2.24, 2.45) is 0 Å². The molecular formula is C10H3ClF10. The maximum Gasteiger partial charge on any atom is 0.435 e. The molecule has 0 aliphatic carbocycles. The van der Waals surface area contributed by atoms with E-state index in [-0.39, 0.29) is 12.1 Å². The zero-order valence-electron chi connectivity index (χ0n) is 9.39. The van der Waals surface area contributed by atoms with Crippen molar-refractivity contribution < 1.29 is 43.9 Å². The summed E-state index contributed by atoms with van der Waals surface area (Å²) in [5.41, 5.74) is -10.2. The zero-order chi connectivity index (χ0) is 16.9. The van der Waals surface area contributed by atoms with E-state index >= 15 is 0 Å². The molecule has 0 saturated heterocycles. The highest BCUT2D eigenvalue weighted by Crippen LogP contribution is 2.54. The SMILES string of the molecule is FC(F)(F)c1cc(Cl)cc(C(F)(C(F)(F)F)C(F)(F)F)c1. The van der Waals surface area contributed by atoms with Gasteiger partial charge in [0.2, 0.25) is 0 Å². The van der Waals surface area contributed by atoms with Crippen LogP contribution >= 0.6 is 11.6 Å². The van der Waals surface area contributed by atoms with Gasteiger partial charge in [0.25, 0.3) is 0 Å². The number of benzene rings is 1. The second-order valence-electron chi connectivity index (χ2n) is 3.88. The lowest BCUT2D eigenvalue weighted by Gasteiger charge is -2.30. The fourth-order valence-corrected chi connectivity index (χ4v) is 1.68. The van der Waals surface area contributed by atoms with E-state index in [1.165, 1.54) is 0 Å². The molecule has 0 heterocycles. The third kappa shape index (κ3) is 3.19. The zero-order valence-corrected chi connectivity index (χ0v) is 10.1. The Balaban J connectivity index is 3.66. The normalized spacial score (nSPS) is 14.4. The lowest BCUT2D eigenvalue weighted by Crippen LogP contribution is -2.50. The minimum Gasteiger partial charge on any atom is -0.218 e. The number of hydrogen-bond donors (Lipinski definition) is 0. The van der Waals surface area contributed by atoms with Gasteiger partial charge in [0.15, 0.2) is 0 Å². The van der Waals surface area contributed by atoms with Crippen LogP contribution in [0.5, 0.6) is 0 Å². The molecule has 1 rings (SSSR count). The molecule has 0 nitrogen and oxygen atoms in total. The van der Waals surface area contributed by atoms with Gasteiger partial charge in [-0.1, -0.05) is 11.6 Å². The molecule has 120 valence electrons. The van der Waals surface area contributed by atoms with Crippen molar-refractivity contribution >= 4 is 11.6 Å². The summed E-state index contributed by atoms with van der Waals surface area (Å²) < 4.78 is 125. The van der Waals surface area contributed by atoms with Crippen molar-refractivity contribution in [1.82, 2.24) is 0 Å². The van der Waals surface area contributed by atoms with Gasteiger partial charge in [0.1, 0.15) is 0 Å². The molecule has 0 unspecified atom stereocenters. The lowest BCUT2D eigenvalue weighted by atomic mass is 9.92. The molecule has 0 aromatic heterocycles. The van der Waals surface area contributed by atoms with Crippen LogP contribution in [0.2, 0.25) is 5.02 Å². The molecular weight excluding hydrogens is 346 g/mol. The third-order valence-corrected chi connectivity index (χ3v) is 2.62. The maximum absolute atomic E-state index is 13.6. The number of alkyl halides is 10. The van der Waals surface area contributed by atoms with Gasteiger partial charge < -0.3 is 0 Å². The standard InChI is InChI=1S/C10H3ClF10/c11-6-2-4(1-5(3-6)8(13,14)15)7(12,9(16,17)18)10(19,20)21/h1-3H. The Morgan fingerprint density at radius 3 is 1.33 bits per heavy atom. The van der Waals surface area contributed by atoms with Gasteiger partial charge in [-0.25, -0.2) is 4.39 Å². The minimum atomic E-state index is -6.52. The number of hydrogen-bond acceptors (Lipinski definition) is 0. The van der Waals surface area contributed by atoms with E-state index in [0.29, 0.717) is 0 Å². The second kappa shape index (κ2) is 4.92. The summed E-state index contributed by atoms with van der Waals surface area (Å²) in [6.07, 6.45) is -18.3. The first-order valence-electron chi connectivity index (χ1n) is 4.81. The van der Waals surface area contributed by atoms with Crippen LogP contribution in [0.25, 0.3) is 0 Å². The van der Waals surface area contributed by atoms with E-state index < -0.39 is 46.4 Å². The third-order valence-electron chi connectivity index (χ3n) is 2.40. The van der Waals surface area contributed by atoms with Crippen LogP contribution in [-0.4, -0.2) is 12.4 Å². The van der Waals surface area contributed by atoms with E-state index in [2.05, 4.69) is 0 Å². The Hall–Kier alpha value is -1.19. The van der Waals surface area contributed by atoms with Crippen LogP contribution in [-0.2, 0) is 11.8 Å². The molecule has 11 heteroatoms. The molecule has 0 spiro atoms. The molecule has 0 radical (unpaired) electrons. The molecule has 0 fully saturated rings. The number of halogens is 11. The first-order valence-corrected chi connectivity index (χ1v) is 5.19. The molecule has 0 aliphatic rings. The minimum absolute atomic E-state index is 0.0816. The predicted octanol–water partition coefficient (Wildman–Crippen LogP) is 5.65. The van der Waals surface area contributed by atoms with Gasteiger partial charge in [-0.05, 0) is 18.2 Å². The smallest absolute Gasteiger partial charge is 0.218 e. The molecule has 0 atom stereocenters. The quantitative estimate of drug-likeness (QED) is 0.575. The highest BCUT2D eigenvalue weighted by Gasteiger charge is 2.73. The fourth-order valence-electron chi connectivity index (χ4n) is 1.44. The summed E-state index contributed by atoms with van der Waals surface area (Å²) in [7, 11) is 0. The van der Waals surface area contributed by atoms with Crippen molar-refractivity contribution in [2.75, 3.05) is 0 Å². The largest absolute Gasteiger partial charge is 0.435 e. The van der Waals surface area contributed by atoms with Crippen LogP contribution in [0, 0.1) is 0 Å². The van der Waals surface area contributed by atoms with Gasteiger partial charge in [-0.2, -0.15) is 39.5 Å². The summed E-state index contributed by atoms with van der Waals surface area (Å²) in [5, 5.41) is -1.12. The molecule has 0 bridgehead atoms. The highest BCUT2D eigenvalue weighted by molar-refractivity contribution is 6.30. The summed E-state index contributed by atoms with van der Waals surface area (Å²) in [6.45, 7) is 0. The second-order valence-corrected chi connectivity index (χ2v) is 4.32. The molecule has 0 saturated carbocycles. The van der Waals surface area contributed by atoms with E-state index in [1.54, 1.807) is 0 Å². The van der Waals surface area contributed by atoms with Gasteiger partial charge in [0.05, 0.1) is 5.56 Å². The van der Waals surface area contributed by atoms with Crippen molar-refractivity contribution in [1.29, 1.82) is 0 Å². The summed E-state index contributed by atoms with van der Waals surface area (Å²) >= 11 is 5.06. The van der Waals surface area contributed by atoms with Crippen LogP contribution in [0.3, 0.4) is 0 Å². The maximum atomic E-state index is 13.6. The summed E-state index contributed by atoms with van der Waals surface area (Å²) in [6, 6.07) is -0.650. The van der Waals surface area contributed by atoms with Crippen LogP contribution < -0.4 is 0 Å². The van der Waals surface area contributed by atoms with E-state index in [0.717, 1.165) is 0 Å². The van der Waals surface area contributed by atoms with Crippen molar-refractivity contribution in [3.8, 4) is 0 Å². The first kappa shape index (κ1) is 17.9. The van der Waals surface area contributed by atoms with Gasteiger partial charge in [0, 0.05) is 10.6 Å². The van der Waals surface area contributed by atoms with Crippen LogP contribution in [0.1, 0.15) is 11.1 Å². The molecule has 1 aromatic carbocycles. The molecule has 0 amide bonds. The fraction of sp³-hybridized carbons (Fsp3) is 0.400. The van der Waals surface area contributed by atoms with Crippen molar-refractivity contribution in [2.45, 2.75) is 24.2 Å². The van der Waals surface area contributed by atoms with Crippen LogP contribution in [0.4, 0.5) is 43.9 Å². The average Bonchev–Trinajstić information content (AvgIpc) is 2.22.